The summed E-state index contributed by atoms with van der Waals surface area (Å²) in [4.78, 5) is 14.8. The molecule has 0 N–H and O–H groups in total. The fraction of sp³-hybridized carbons (Fsp3) is 0.500. The second-order valence-electron chi connectivity index (χ2n) is 2.83. The van der Waals surface area contributed by atoms with E-state index in [-0.39, 0.29) is 5.78 Å². The Morgan fingerprint density at radius 2 is 1.80 bits per heavy atom. The largest absolute Gasteiger partial charge is 0.297 e. The summed E-state index contributed by atoms with van der Waals surface area (Å²) in [5, 5.41) is 0. The SMILES string of the molecule is [CH2]C(=O)C(C)(C)N=C([CH2])C. The lowest BCUT2D eigenvalue weighted by Crippen LogP contribution is -2.27. The lowest BCUT2D eigenvalue weighted by molar-refractivity contribution is -0.118. The zero-order valence-corrected chi connectivity index (χ0v) is 6.77. The number of hydrogen-bond acceptors (Lipinski definition) is 2. The third kappa shape index (κ3) is 2.76. The van der Waals surface area contributed by atoms with E-state index in [0.717, 1.165) is 0 Å². The quantitative estimate of drug-likeness (QED) is 0.532. The molecule has 10 heavy (non-hydrogen) atoms. The van der Waals surface area contributed by atoms with Gasteiger partial charge < -0.3 is 0 Å². The number of nitrogens with zero attached hydrogens (tertiary/aromatic N) is 1. The number of aliphatic imine (C=N–C) groups is 1. The van der Waals surface area contributed by atoms with Crippen LogP contribution in [-0.4, -0.2) is 17.0 Å². The number of hydrogen-bond donors (Lipinski definition) is 0. The molecule has 2 heteroatoms. The van der Waals surface area contributed by atoms with Gasteiger partial charge >= 0.3 is 0 Å². The van der Waals surface area contributed by atoms with Crippen LogP contribution < -0.4 is 0 Å². The van der Waals surface area contributed by atoms with Crippen molar-refractivity contribution in [2.75, 3.05) is 0 Å². The van der Waals surface area contributed by atoms with E-state index in [1.54, 1.807) is 20.8 Å². The summed E-state index contributed by atoms with van der Waals surface area (Å²) >= 11 is 0. The maximum Gasteiger partial charge on any atom is 0.160 e. The summed E-state index contributed by atoms with van der Waals surface area (Å²) in [7, 11) is 0. The lowest BCUT2D eigenvalue weighted by Gasteiger charge is -2.15. The van der Waals surface area contributed by atoms with Gasteiger partial charge in [0.05, 0.1) is 0 Å². The molecule has 0 rings (SSSR count). The van der Waals surface area contributed by atoms with Crippen LogP contribution in [0.3, 0.4) is 0 Å². The van der Waals surface area contributed by atoms with Crippen molar-refractivity contribution >= 4 is 11.5 Å². The van der Waals surface area contributed by atoms with Crippen LogP contribution in [0, 0.1) is 13.8 Å². The number of rotatable bonds is 2. The van der Waals surface area contributed by atoms with E-state index < -0.39 is 5.54 Å². The molecule has 56 valence electrons. The maximum absolute atomic E-state index is 10.8. The van der Waals surface area contributed by atoms with Crippen LogP contribution in [0.1, 0.15) is 20.8 Å². The van der Waals surface area contributed by atoms with Gasteiger partial charge in [0.15, 0.2) is 5.78 Å². The monoisotopic (exact) mass is 139 g/mol. The van der Waals surface area contributed by atoms with Gasteiger partial charge in [0.1, 0.15) is 5.54 Å². The van der Waals surface area contributed by atoms with E-state index in [0.29, 0.717) is 5.71 Å². The van der Waals surface area contributed by atoms with E-state index >= 15 is 0 Å². The lowest BCUT2D eigenvalue weighted by atomic mass is 10.0. The third-order valence-electron chi connectivity index (χ3n) is 1.15. The van der Waals surface area contributed by atoms with Crippen LogP contribution in [0.5, 0.6) is 0 Å². The van der Waals surface area contributed by atoms with Gasteiger partial charge in [-0.25, -0.2) is 0 Å². The molecule has 0 spiro atoms. The van der Waals surface area contributed by atoms with E-state index in [9.17, 15) is 4.79 Å². The normalized spacial score (nSPS) is 13.5. The fourth-order valence-electron chi connectivity index (χ4n) is 0.540. The minimum atomic E-state index is -0.703. The van der Waals surface area contributed by atoms with Crippen molar-refractivity contribution in [2.24, 2.45) is 4.99 Å². The number of carbonyl (C=O) groups is 1. The summed E-state index contributed by atoms with van der Waals surface area (Å²) in [5.74, 6) is -0.185. The van der Waals surface area contributed by atoms with Gasteiger partial charge in [0, 0.05) is 12.6 Å². The van der Waals surface area contributed by atoms with E-state index in [1.165, 1.54) is 0 Å². The van der Waals surface area contributed by atoms with Gasteiger partial charge in [0.25, 0.3) is 0 Å². The molecule has 2 nitrogen and oxygen atoms in total. The zero-order chi connectivity index (χ0) is 8.36. The summed E-state index contributed by atoms with van der Waals surface area (Å²) < 4.78 is 0. The average Bonchev–Trinajstić information content (AvgIpc) is 1.60. The Morgan fingerprint density at radius 1 is 1.40 bits per heavy atom. The Bertz CT molecular complexity index is 164. The molecule has 0 saturated heterocycles. The Hall–Kier alpha value is -0.660. The van der Waals surface area contributed by atoms with Crippen molar-refractivity contribution in [1.82, 2.24) is 0 Å². The first kappa shape index (κ1) is 9.34. The average molecular weight is 139 g/mol. The van der Waals surface area contributed by atoms with Gasteiger partial charge in [0.2, 0.25) is 0 Å². The molecular weight excluding hydrogens is 126 g/mol. The van der Waals surface area contributed by atoms with E-state index in [1.807, 2.05) is 0 Å². The number of ketones is 1. The van der Waals surface area contributed by atoms with Crippen molar-refractivity contribution in [3.05, 3.63) is 13.8 Å². The van der Waals surface area contributed by atoms with Crippen LogP contribution in [0.2, 0.25) is 0 Å². The van der Waals surface area contributed by atoms with Gasteiger partial charge in [-0.2, -0.15) is 0 Å². The second-order valence-corrected chi connectivity index (χ2v) is 2.83. The molecule has 0 aromatic carbocycles. The fourth-order valence-corrected chi connectivity index (χ4v) is 0.540. The standard InChI is InChI=1S/C8H13NO/c1-6(2)9-8(4,5)7(3)10/h1,3H2,2,4-5H3. The molecule has 0 aromatic heterocycles. The molecule has 0 heterocycles. The summed E-state index contributed by atoms with van der Waals surface area (Å²) in [6, 6.07) is 0. The minimum Gasteiger partial charge on any atom is -0.297 e. The highest BCUT2D eigenvalue weighted by Gasteiger charge is 2.21. The third-order valence-corrected chi connectivity index (χ3v) is 1.15. The van der Waals surface area contributed by atoms with Gasteiger partial charge in [-0.05, 0) is 27.7 Å². The number of carbonyl (C=O) groups excluding carboxylic acids is 1. The van der Waals surface area contributed by atoms with Crippen molar-refractivity contribution in [3.8, 4) is 0 Å². The molecule has 2 radical (unpaired) electrons. The smallest absolute Gasteiger partial charge is 0.160 e. The topological polar surface area (TPSA) is 29.4 Å². The Morgan fingerprint density at radius 3 is 1.90 bits per heavy atom. The van der Waals surface area contributed by atoms with Crippen molar-refractivity contribution in [2.45, 2.75) is 26.3 Å². The molecule has 0 unspecified atom stereocenters. The second kappa shape index (κ2) is 2.95. The minimum absolute atomic E-state index is 0.185. The van der Waals surface area contributed by atoms with Crippen molar-refractivity contribution in [1.29, 1.82) is 0 Å². The highest BCUT2D eigenvalue weighted by Crippen LogP contribution is 2.09. The summed E-state index contributed by atoms with van der Waals surface area (Å²) in [5.41, 5.74) is -0.0479. The first-order chi connectivity index (χ1) is 4.36. The molecule has 0 aromatic rings. The van der Waals surface area contributed by atoms with Crippen molar-refractivity contribution < 1.29 is 4.79 Å². The molecule has 0 aliphatic rings. The molecule has 0 aliphatic carbocycles. The highest BCUT2D eigenvalue weighted by molar-refractivity contribution is 5.95. The number of Topliss-reactive ketones (excluding diaryl/α,β-unsaturated/α-hetero) is 1. The molecule has 0 amide bonds. The molecule has 0 aliphatic heterocycles. The molecule has 0 fully saturated rings. The van der Waals surface area contributed by atoms with Gasteiger partial charge in [-0.3, -0.25) is 9.79 Å². The van der Waals surface area contributed by atoms with Crippen LogP contribution in [0.25, 0.3) is 0 Å². The Labute approximate surface area is 62.4 Å². The van der Waals surface area contributed by atoms with Gasteiger partial charge in [-0.1, -0.05) is 0 Å². The van der Waals surface area contributed by atoms with Crippen LogP contribution in [0.15, 0.2) is 4.99 Å². The van der Waals surface area contributed by atoms with Gasteiger partial charge in [-0.15, -0.1) is 0 Å². The Kier molecular flexibility index (Phi) is 2.76. The molecule has 0 saturated carbocycles. The predicted molar refractivity (Wildman–Crippen MR) is 42.9 cm³/mol. The summed E-state index contributed by atoms with van der Waals surface area (Å²) in [6.07, 6.45) is 0. The van der Waals surface area contributed by atoms with Crippen LogP contribution in [0.4, 0.5) is 0 Å². The predicted octanol–water partition coefficient (Wildman–Crippen LogP) is 1.46. The highest BCUT2D eigenvalue weighted by atomic mass is 16.1. The summed E-state index contributed by atoms with van der Waals surface area (Å²) in [6.45, 7) is 12.1. The van der Waals surface area contributed by atoms with Crippen LogP contribution in [-0.2, 0) is 4.79 Å². The van der Waals surface area contributed by atoms with E-state index in [4.69, 9.17) is 0 Å². The zero-order valence-electron chi connectivity index (χ0n) is 6.77. The Balaban J connectivity index is 4.42. The molecule has 0 bridgehead atoms. The van der Waals surface area contributed by atoms with Crippen molar-refractivity contribution in [3.63, 3.8) is 0 Å². The van der Waals surface area contributed by atoms with Crippen LogP contribution >= 0.6 is 0 Å². The maximum atomic E-state index is 10.8. The first-order valence-electron chi connectivity index (χ1n) is 3.11. The first-order valence-corrected chi connectivity index (χ1v) is 3.11. The van der Waals surface area contributed by atoms with E-state index in [2.05, 4.69) is 18.8 Å². The molecular formula is C8H13NO. The molecule has 0 atom stereocenters.